The number of nitrogens with zero attached hydrogens (tertiary/aromatic N) is 2. The van der Waals surface area contributed by atoms with Crippen molar-refractivity contribution in [2.45, 2.75) is 103 Å². The molecule has 5 rings (SSSR count). The van der Waals surface area contributed by atoms with Crippen molar-refractivity contribution in [2.75, 3.05) is 26.7 Å². The number of nitrogens with one attached hydrogen (secondary N) is 2. The van der Waals surface area contributed by atoms with Gasteiger partial charge in [0.2, 0.25) is 17.7 Å². The van der Waals surface area contributed by atoms with Gasteiger partial charge in [0.15, 0.2) is 0 Å². The van der Waals surface area contributed by atoms with Crippen LogP contribution in [0.3, 0.4) is 0 Å². The van der Waals surface area contributed by atoms with E-state index < -0.39 is 11.5 Å². The van der Waals surface area contributed by atoms with Crippen LogP contribution in [0.5, 0.6) is 0 Å². The number of hydrogen-bond donors (Lipinski definition) is 2. The molecule has 226 valence electrons. The summed E-state index contributed by atoms with van der Waals surface area (Å²) in [5.74, 6) is 0.958. The molecule has 4 aliphatic rings. The molecule has 2 bridgehead atoms. The number of carbonyl (C=O) groups excluding carboxylic acids is 3. The van der Waals surface area contributed by atoms with Crippen molar-refractivity contribution in [1.29, 1.82) is 0 Å². The quantitative estimate of drug-likeness (QED) is 0.482. The fourth-order valence-corrected chi connectivity index (χ4v) is 8.33. The van der Waals surface area contributed by atoms with Crippen molar-refractivity contribution in [3.05, 3.63) is 34.9 Å². The highest BCUT2D eigenvalue weighted by atomic mass is 35.5. The van der Waals surface area contributed by atoms with E-state index >= 15 is 0 Å². The second-order valence-electron chi connectivity index (χ2n) is 14.4. The molecule has 2 aliphatic heterocycles. The molecular weight excluding hydrogens is 536 g/mol. The van der Waals surface area contributed by atoms with Crippen LogP contribution in [0.25, 0.3) is 0 Å². The van der Waals surface area contributed by atoms with E-state index in [0.29, 0.717) is 49.2 Å². The molecule has 0 spiro atoms. The van der Waals surface area contributed by atoms with Gasteiger partial charge in [-0.25, -0.2) is 0 Å². The SMILES string of the molecule is CN1C[C@H]2C[C@H](C(=O)N[C@H](Cc3ccc(Cl)cc3)C(=O)N3CCC(C(=O)NC(C)(C)C)(C4CCCCC4)CC3)[C@@H]1C2. The zero-order valence-electron chi connectivity index (χ0n) is 25.4. The maximum Gasteiger partial charge on any atom is 0.245 e. The lowest BCUT2D eigenvalue weighted by Gasteiger charge is -2.48. The standard InChI is InChI=1S/C33H49ClN4O3/c1-32(2,3)36-31(41)33(24-8-6-5-7-9-24)14-16-38(17-15-33)30(40)27(19-22-10-12-25(34)13-11-22)35-29(39)26-18-23-20-28(26)37(4)21-23/h10-13,23-24,26-28H,5-9,14-21H2,1-4H3,(H,35,39)(H,36,41)/t23-,26-,27+,28-/m0/s1. The van der Waals surface area contributed by atoms with Gasteiger partial charge >= 0.3 is 0 Å². The van der Waals surface area contributed by atoms with Gasteiger partial charge in [-0.2, -0.15) is 0 Å². The number of likely N-dealkylation sites (tertiary alicyclic amines) is 2. The summed E-state index contributed by atoms with van der Waals surface area (Å²) in [6.45, 7) is 8.25. The topological polar surface area (TPSA) is 81.8 Å². The predicted octanol–water partition coefficient (Wildman–Crippen LogP) is 4.81. The fraction of sp³-hybridized carbons (Fsp3) is 0.727. The van der Waals surface area contributed by atoms with Crippen LogP contribution in [0.15, 0.2) is 24.3 Å². The molecule has 3 amide bonds. The Morgan fingerprint density at radius 1 is 1.02 bits per heavy atom. The van der Waals surface area contributed by atoms with Gasteiger partial charge in [0.25, 0.3) is 0 Å². The Balaban J connectivity index is 1.31. The van der Waals surface area contributed by atoms with Gasteiger partial charge in [0.1, 0.15) is 6.04 Å². The largest absolute Gasteiger partial charge is 0.351 e. The van der Waals surface area contributed by atoms with Gasteiger partial charge in [0, 0.05) is 42.7 Å². The third-order valence-corrected chi connectivity index (χ3v) is 10.6. The molecule has 0 radical (unpaired) electrons. The summed E-state index contributed by atoms with van der Waals surface area (Å²) in [7, 11) is 2.10. The molecule has 2 aliphatic carbocycles. The number of carbonyl (C=O) groups is 3. The first-order valence-electron chi connectivity index (χ1n) is 15.8. The number of amides is 3. The second-order valence-corrected chi connectivity index (χ2v) is 14.8. The molecule has 2 N–H and O–H groups in total. The molecule has 4 atom stereocenters. The van der Waals surface area contributed by atoms with Crippen molar-refractivity contribution in [3.8, 4) is 0 Å². The van der Waals surface area contributed by atoms with Gasteiger partial charge < -0.3 is 20.4 Å². The summed E-state index contributed by atoms with van der Waals surface area (Å²) >= 11 is 6.13. The summed E-state index contributed by atoms with van der Waals surface area (Å²) in [5.41, 5.74) is 0.233. The van der Waals surface area contributed by atoms with Crippen LogP contribution in [0, 0.1) is 23.2 Å². The first kappa shape index (κ1) is 30.3. The molecule has 7 nitrogen and oxygen atoms in total. The van der Waals surface area contributed by atoms with Crippen LogP contribution in [-0.4, -0.2) is 71.8 Å². The van der Waals surface area contributed by atoms with Crippen LogP contribution in [-0.2, 0) is 20.8 Å². The number of fused-ring (bicyclic) bond motifs is 2. The van der Waals surface area contributed by atoms with Gasteiger partial charge in [0.05, 0.1) is 11.3 Å². The Kier molecular flexibility index (Phi) is 9.06. The first-order chi connectivity index (χ1) is 19.4. The maximum atomic E-state index is 14.1. The Hall–Kier alpha value is -2.12. The Morgan fingerprint density at radius 2 is 1.68 bits per heavy atom. The summed E-state index contributed by atoms with van der Waals surface area (Å²) in [6, 6.07) is 7.15. The summed E-state index contributed by atoms with van der Waals surface area (Å²) in [5, 5.41) is 7.13. The van der Waals surface area contributed by atoms with Crippen LogP contribution >= 0.6 is 11.6 Å². The van der Waals surface area contributed by atoms with E-state index in [1.54, 1.807) is 0 Å². The van der Waals surface area contributed by atoms with E-state index in [1.807, 2.05) is 49.9 Å². The van der Waals surface area contributed by atoms with Crippen LogP contribution < -0.4 is 10.6 Å². The molecule has 1 aromatic carbocycles. The lowest BCUT2D eigenvalue weighted by molar-refractivity contribution is -0.147. The summed E-state index contributed by atoms with van der Waals surface area (Å²) in [4.78, 5) is 45.7. The van der Waals surface area contributed by atoms with Crippen molar-refractivity contribution in [2.24, 2.45) is 23.2 Å². The normalized spacial score (nSPS) is 27.4. The van der Waals surface area contributed by atoms with E-state index in [1.165, 1.54) is 19.3 Å². The molecule has 1 aromatic rings. The molecular formula is C33H49ClN4O3. The van der Waals surface area contributed by atoms with Crippen molar-refractivity contribution < 1.29 is 14.4 Å². The molecule has 2 saturated heterocycles. The summed E-state index contributed by atoms with van der Waals surface area (Å²) < 4.78 is 0. The third-order valence-electron chi connectivity index (χ3n) is 10.3. The van der Waals surface area contributed by atoms with E-state index in [2.05, 4.69) is 22.6 Å². The Bertz CT molecular complexity index is 1100. The molecule has 0 aromatic heterocycles. The monoisotopic (exact) mass is 584 g/mol. The maximum absolute atomic E-state index is 14.1. The lowest BCUT2D eigenvalue weighted by atomic mass is 9.63. The van der Waals surface area contributed by atoms with E-state index in [4.69, 9.17) is 11.6 Å². The Labute approximate surface area is 251 Å². The van der Waals surface area contributed by atoms with Gasteiger partial charge in [-0.3, -0.25) is 14.4 Å². The van der Waals surface area contributed by atoms with E-state index in [9.17, 15) is 14.4 Å². The first-order valence-corrected chi connectivity index (χ1v) is 16.2. The third kappa shape index (κ3) is 6.77. The molecule has 2 heterocycles. The minimum atomic E-state index is -0.640. The highest BCUT2D eigenvalue weighted by molar-refractivity contribution is 6.30. The highest BCUT2D eigenvalue weighted by Crippen LogP contribution is 2.46. The van der Waals surface area contributed by atoms with Gasteiger partial charge in [-0.05, 0) is 95.9 Å². The lowest BCUT2D eigenvalue weighted by Crippen LogP contribution is -2.59. The average molecular weight is 585 g/mol. The number of halogens is 1. The number of rotatable bonds is 7. The second kappa shape index (κ2) is 12.2. The fourth-order valence-electron chi connectivity index (χ4n) is 8.20. The molecule has 0 unspecified atom stereocenters. The minimum Gasteiger partial charge on any atom is -0.351 e. The predicted molar refractivity (Wildman–Crippen MR) is 162 cm³/mol. The molecule has 2 saturated carbocycles. The zero-order chi connectivity index (χ0) is 29.4. The van der Waals surface area contributed by atoms with E-state index in [-0.39, 0.29) is 35.2 Å². The van der Waals surface area contributed by atoms with Crippen molar-refractivity contribution in [3.63, 3.8) is 0 Å². The van der Waals surface area contributed by atoms with Crippen molar-refractivity contribution in [1.82, 2.24) is 20.4 Å². The minimum absolute atomic E-state index is 0.00511. The average Bonchev–Trinajstić information content (AvgIpc) is 3.53. The van der Waals surface area contributed by atoms with Crippen molar-refractivity contribution >= 4 is 29.3 Å². The zero-order valence-corrected chi connectivity index (χ0v) is 26.1. The number of hydrogen-bond acceptors (Lipinski definition) is 4. The van der Waals surface area contributed by atoms with Crippen LogP contribution in [0.1, 0.15) is 84.1 Å². The molecule has 4 fully saturated rings. The van der Waals surface area contributed by atoms with Crippen LogP contribution in [0.4, 0.5) is 0 Å². The van der Waals surface area contributed by atoms with Crippen LogP contribution in [0.2, 0.25) is 5.02 Å². The van der Waals surface area contributed by atoms with Gasteiger partial charge in [-0.1, -0.05) is 43.0 Å². The Morgan fingerprint density at radius 3 is 2.27 bits per heavy atom. The van der Waals surface area contributed by atoms with E-state index in [0.717, 1.165) is 37.8 Å². The summed E-state index contributed by atoms with van der Waals surface area (Å²) in [6.07, 6.45) is 9.48. The molecule has 41 heavy (non-hydrogen) atoms. The smallest absolute Gasteiger partial charge is 0.245 e. The number of piperidine rings is 2. The number of benzene rings is 1. The highest BCUT2D eigenvalue weighted by Gasteiger charge is 2.50. The van der Waals surface area contributed by atoms with Gasteiger partial charge in [-0.15, -0.1) is 0 Å². The molecule has 8 heteroatoms.